The van der Waals surface area contributed by atoms with Crippen LogP contribution in [0.25, 0.3) is 11.0 Å². The number of carbonyl (C=O) groups is 1. The molecule has 0 atom stereocenters. The summed E-state index contributed by atoms with van der Waals surface area (Å²) in [6.07, 6.45) is 2.09. The minimum absolute atomic E-state index is 0.0488. The van der Waals surface area contributed by atoms with E-state index in [1.807, 2.05) is 4.90 Å². The maximum Gasteiger partial charge on any atom is 0.326 e. The molecule has 1 aromatic heterocycles. The molecular weight excluding hydrogens is 282 g/mol. The van der Waals surface area contributed by atoms with E-state index >= 15 is 0 Å². The fourth-order valence-corrected chi connectivity index (χ4v) is 3.57. The van der Waals surface area contributed by atoms with Gasteiger partial charge < -0.3 is 14.6 Å². The molecule has 1 N–H and O–H groups in total. The normalized spacial score (nSPS) is 20.3. The molecule has 6 heteroatoms. The third-order valence-electron chi connectivity index (χ3n) is 5.05. The number of rotatable bonds is 1. The SMILES string of the molecule is Cn1c(=O)[nH]c2ccc(C(=O)N3CC4(CCOCC4)C3)cc21. The van der Waals surface area contributed by atoms with Crippen molar-refractivity contribution in [2.75, 3.05) is 26.3 Å². The van der Waals surface area contributed by atoms with E-state index in [1.165, 1.54) is 4.57 Å². The van der Waals surface area contributed by atoms with Crippen LogP contribution in [0.2, 0.25) is 0 Å². The third kappa shape index (κ3) is 1.98. The lowest BCUT2D eigenvalue weighted by molar-refractivity contribution is -0.0666. The van der Waals surface area contributed by atoms with Gasteiger partial charge in [-0.3, -0.25) is 9.36 Å². The maximum atomic E-state index is 12.6. The van der Waals surface area contributed by atoms with Gasteiger partial charge in [0, 0.05) is 44.3 Å². The number of fused-ring (bicyclic) bond motifs is 1. The number of carbonyl (C=O) groups excluding carboxylic acids is 1. The molecule has 2 aromatic rings. The zero-order valence-corrected chi connectivity index (χ0v) is 12.6. The molecule has 22 heavy (non-hydrogen) atoms. The van der Waals surface area contributed by atoms with Crippen LogP contribution in [0.5, 0.6) is 0 Å². The van der Waals surface area contributed by atoms with Crippen molar-refractivity contribution < 1.29 is 9.53 Å². The lowest BCUT2D eigenvalue weighted by Gasteiger charge is -2.52. The molecule has 2 aliphatic rings. The first-order valence-electron chi connectivity index (χ1n) is 7.64. The molecule has 2 fully saturated rings. The molecule has 0 bridgehead atoms. The number of likely N-dealkylation sites (tertiary alicyclic amines) is 1. The topological polar surface area (TPSA) is 67.3 Å². The number of nitrogens with zero attached hydrogens (tertiary/aromatic N) is 2. The average molecular weight is 301 g/mol. The van der Waals surface area contributed by atoms with Crippen LogP contribution in [-0.4, -0.2) is 46.7 Å². The summed E-state index contributed by atoms with van der Waals surface area (Å²) in [4.78, 5) is 28.9. The lowest BCUT2D eigenvalue weighted by atomic mass is 9.73. The van der Waals surface area contributed by atoms with Crippen LogP contribution >= 0.6 is 0 Å². The van der Waals surface area contributed by atoms with Crippen molar-refractivity contribution in [3.05, 3.63) is 34.2 Å². The Kier molecular flexibility index (Phi) is 2.91. The molecule has 0 unspecified atom stereocenters. The van der Waals surface area contributed by atoms with Gasteiger partial charge in [-0.2, -0.15) is 0 Å². The van der Waals surface area contributed by atoms with E-state index in [0.717, 1.165) is 50.2 Å². The van der Waals surface area contributed by atoms with Crippen LogP contribution < -0.4 is 5.69 Å². The second-order valence-corrected chi connectivity index (χ2v) is 6.49. The lowest BCUT2D eigenvalue weighted by Crippen LogP contribution is -2.60. The molecule has 6 nitrogen and oxygen atoms in total. The average Bonchev–Trinajstić information content (AvgIpc) is 2.79. The number of aromatic amines is 1. The van der Waals surface area contributed by atoms with E-state index in [4.69, 9.17) is 4.74 Å². The first-order valence-corrected chi connectivity index (χ1v) is 7.64. The van der Waals surface area contributed by atoms with Crippen molar-refractivity contribution in [2.45, 2.75) is 12.8 Å². The van der Waals surface area contributed by atoms with Crippen LogP contribution in [0.1, 0.15) is 23.2 Å². The van der Waals surface area contributed by atoms with Crippen molar-refractivity contribution in [1.29, 1.82) is 0 Å². The van der Waals surface area contributed by atoms with E-state index in [-0.39, 0.29) is 17.0 Å². The van der Waals surface area contributed by atoms with Crippen LogP contribution in [0, 0.1) is 5.41 Å². The van der Waals surface area contributed by atoms with Gasteiger partial charge in [0.25, 0.3) is 5.91 Å². The molecule has 1 aromatic carbocycles. The number of aryl methyl sites for hydroxylation is 1. The highest BCUT2D eigenvalue weighted by molar-refractivity contribution is 5.97. The van der Waals surface area contributed by atoms with E-state index in [1.54, 1.807) is 25.2 Å². The molecular formula is C16H19N3O3. The summed E-state index contributed by atoms with van der Waals surface area (Å²) < 4.78 is 6.94. The van der Waals surface area contributed by atoms with Crippen LogP contribution in [0.3, 0.4) is 0 Å². The van der Waals surface area contributed by atoms with E-state index in [0.29, 0.717) is 5.56 Å². The van der Waals surface area contributed by atoms with Gasteiger partial charge in [-0.15, -0.1) is 0 Å². The van der Waals surface area contributed by atoms with Crippen molar-refractivity contribution in [2.24, 2.45) is 12.5 Å². The minimum atomic E-state index is -0.162. The van der Waals surface area contributed by atoms with Gasteiger partial charge in [0.1, 0.15) is 0 Å². The summed E-state index contributed by atoms with van der Waals surface area (Å²) in [7, 11) is 1.70. The zero-order valence-electron chi connectivity index (χ0n) is 12.6. The Morgan fingerprint density at radius 3 is 2.73 bits per heavy atom. The summed E-state index contributed by atoms with van der Waals surface area (Å²) in [6.45, 7) is 3.25. The first kappa shape index (κ1) is 13.6. The van der Waals surface area contributed by atoms with Gasteiger partial charge in [-0.1, -0.05) is 0 Å². The number of ether oxygens (including phenoxy) is 1. The molecule has 3 heterocycles. The second-order valence-electron chi connectivity index (χ2n) is 6.49. The fourth-order valence-electron chi connectivity index (χ4n) is 3.57. The van der Waals surface area contributed by atoms with Gasteiger partial charge in [0.2, 0.25) is 0 Å². The maximum absolute atomic E-state index is 12.6. The Labute approximate surface area is 127 Å². The van der Waals surface area contributed by atoms with Gasteiger partial charge in [-0.05, 0) is 31.0 Å². The molecule has 2 saturated heterocycles. The number of nitrogens with one attached hydrogen (secondary N) is 1. The molecule has 0 saturated carbocycles. The Hall–Kier alpha value is -2.08. The van der Waals surface area contributed by atoms with Gasteiger partial charge in [-0.25, -0.2) is 4.79 Å². The van der Waals surface area contributed by atoms with Crippen LogP contribution in [-0.2, 0) is 11.8 Å². The van der Waals surface area contributed by atoms with Crippen molar-refractivity contribution in [3.63, 3.8) is 0 Å². The number of benzene rings is 1. The number of imidazole rings is 1. The first-order chi connectivity index (χ1) is 10.6. The Morgan fingerprint density at radius 1 is 1.27 bits per heavy atom. The van der Waals surface area contributed by atoms with Crippen molar-refractivity contribution in [3.8, 4) is 0 Å². The Balaban J connectivity index is 1.56. The molecule has 1 spiro atoms. The van der Waals surface area contributed by atoms with Crippen LogP contribution in [0.15, 0.2) is 23.0 Å². The number of amides is 1. The largest absolute Gasteiger partial charge is 0.381 e. The van der Waals surface area contributed by atoms with Gasteiger partial charge >= 0.3 is 5.69 Å². The zero-order chi connectivity index (χ0) is 15.3. The summed E-state index contributed by atoms with van der Waals surface area (Å²) in [6, 6.07) is 5.38. The monoisotopic (exact) mass is 301 g/mol. The van der Waals surface area contributed by atoms with E-state index in [2.05, 4.69) is 4.98 Å². The predicted octanol–water partition coefficient (Wildman–Crippen LogP) is 1.12. The Morgan fingerprint density at radius 2 is 2.00 bits per heavy atom. The standard InChI is InChI=1S/C16H19N3O3/c1-18-13-8-11(2-3-12(13)17-15(18)21)14(20)19-9-16(10-19)4-6-22-7-5-16/h2-3,8H,4-7,9-10H2,1H3,(H,17,21). The molecule has 0 radical (unpaired) electrons. The molecule has 0 aliphatic carbocycles. The summed E-state index contributed by atoms with van der Waals surface area (Å²) >= 11 is 0. The highest BCUT2D eigenvalue weighted by Gasteiger charge is 2.45. The summed E-state index contributed by atoms with van der Waals surface area (Å²) in [5.41, 5.74) is 2.28. The van der Waals surface area contributed by atoms with Gasteiger partial charge in [0.05, 0.1) is 11.0 Å². The van der Waals surface area contributed by atoms with Crippen LogP contribution in [0.4, 0.5) is 0 Å². The fraction of sp³-hybridized carbons (Fsp3) is 0.500. The molecule has 2 aliphatic heterocycles. The minimum Gasteiger partial charge on any atom is -0.381 e. The predicted molar refractivity (Wildman–Crippen MR) is 81.9 cm³/mol. The summed E-state index contributed by atoms with van der Waals surface area (Å²) in [5, 5.41) is 0. The second kappa shape index (κ2) is 4.71. The van der Waals surface area contributed by atoms with E-state index < -0.39 is 0 Å². The molecule has 1 amide bonds. The van der Waals surface area contributed by atoms with Crippen molar-refractivity contribution in [1.82, 2.24) is 14.5 Å². The summed E-state index contributed by atoms with van der Waals surface area (Å²) in [5.74, 6) is 0.0488. The smallest absolute Gasteiger partial charge is 0.326 e. The van der Waals surface area contributed by atoms with Crippen molar-refractivity contribution >= 4 is 16.9 Å². The number of aromatic nitrogens is 2. The Bertz CT molecular complexity index is 791. The van der Waals surface area contributed by atoms with Gasteiger partial charge in [0.15, 0.2) is 0 Å². The quantitative estimate of drug-likeness (QED) is 0.858. The highest BCUT2D eigenvalue weighted by Crippen LogP contribution is 2.40. The molecule has 116 valence electrons. The third-order valence-corrected chi connectivity index (χ3v) is 5.05. The number of hydrogen-bond acceptors (Lipinski definition) is 3. The van der Waals surface area contributed by atoms with E-state index in [9.17, 15) is 9.59 Å². The number of hydrogen-bond donors (Lipinski definition) is 1. The number of H-pyrrole nitrogens is 1. The molecule has 4 rings (SSSR count). The highest BCUT2D eigenvalue weighted by atomic mass is 16.5.